The lowest BCUT2D eigenvalue weighted by atomic mass is 10.2. The van der Waals surface area contributed by atoms with E-state index in [-0.39, 0.29) is 42.9 Å². The van der Waals surface area contributed by atoms with Crippen LogP contribution < -0.4 is 5.32 Å². The highest BCUT2D eigenvalue weighted by Gasteiger charge is 2.41. The number of benzene rings is 1. The van der Waals surface area contributed by atoms with Crippen molar-refractivity contribution in [3.05, 3.63) is 54.6 Å². The molecule has 1 N–H and O–H groups in total. The van der Waals surface area contributed by atoms with Gasteiger partial charge in [-0.3, -0.25) is 9.59 Å². The van der Waals surface area contributed by atoms with Gasteiger partial charge in [-0.25, -0.2) is 18.4 Å². The van der Waals surface area contributed by atoms with Gasteiger partial charge < -0.3 is 10.2 Å². The predicted molar refractivity (Wildman–Crippen MR) is 105 cm³/mol. The molecule has 1 fully saturated rings. The van der Waals surface area contributed by atoms with E-state index < -0.39 is 22.0 Å². The molecule has 0 spiro atoms. The van der Waals surface area contributed by atoms with E-state index in [4.69, 9.17) is 11.6 Å². The molecule has 3 rings (SSSR count). The van der Waals surface area contributed by atoms with Crippen LogP contribution in [0.3, 0.4) is 0 Å². The standard InChI is InChI=1S/C18H20ClN5O4S/c19-8-17(25)23-6-7-24(29(27,28)15-4-2-1-3-5-15)16(12-23)18(26)22-11-14-9-20-13-21-10-14/h1-5,9-10,13,16H,6-8,11-12H2,(H,22,26). The Morgan fingerprint density at radius 1 is 1.14 bits per heavy atom. The summed E-state index contributed by atoms with van der Waals surface area (Å²) in [5, 5.41) is 2.70. The maximum absolute atomic E-state index is 13.1. The van der Waals surface area contributed by atoms with Crippen molar-refractivity contribution in [1.29, 1.82) is 0 Å². The molecule has 154 valence electrons. The van der Waals surface area contributed by atoms with Gasteiger partial charge in [-0.1, -0.05) is 18.2 Å². The van der Waals surface area contributed by atoms with Crippen LogP contribution in [-0.2, 0) is 26.2 Å². The molecule has 29 heavy (non-hydrogen) atoms. The lowest BCUT2D eigenvalue weighted by Gasteiger charge is -2.39. The van der Waals surface area contributed by atoms with Crippen LogP contribution in [0.4, 0.5) is 0 Å². The fraction of sp³-hybridized carbons (Fsp3) is 0.333. The minimum Gasteiger partial charge on any atom is -0.350 e. The van der Waals surface area contributed by atoms with Gasteiger partial charge in [0.05, 0.1) is 4.90 Å². The van der Waals surface area contributed by atoms with Crippen LogP contribution >= 0.6 is 11.6 Å². The Morgan fingerprint density at radius 3 is 2.48 bits per heavy atom. The fourth-order valence-electron chi connectivity index (χ4n) is 3.03. The Morgan fingerprint density at radius 2 is 1.83 bits per heavy atom. The average Bonchev–Trinajstić information content (AvgIpc) is 2.77. The second-order valence-electron chi connectivity index (χ2n) is 6.38. The van der Waals surface area contributed by atoms with E-state index in [0.717, 1.165) is 4.31 Å². The Bertz CT molecular complexity index is 959. The molecule has 9 nitrogen and oxygen atoms in total. The van der Waals surface area contributed by atoms with Crippen molar-refractivity contribution < 1.29 is 18.0 Å². The normalized spacial score (nSPS) is 17.7. The van der Waals surface area contributed by atoms with Crippen molar-refractivity contribution in [2.45, 2.75) is 17.5 Å². The van der Waals surface area contributed by atoms with Crippen LogP contribution in [0.5, 0.6) is 0 Å². The number of halogens is 1. The first kappa shape index (κ1) is 21.2. The molecule has 1 saturated heterocycles. The molecule has 2 amide bonds. The van der Waals surface area contributed by atoms with Gasteiger partial charge in [0.25, 0.3) is 0 Å². The second kappa shape index (κ2) is 9.29. The number of piperazine rings is 1. The smallest absolute Gasteiger partial charge is 0.243 e. The number of alkyl halides is 1. The first-order chi connectivity index (χ1) is 13.9. The van der Waals surface area contributed by atoms with E-state index in [1.807, 2.05) is 0 Å². The molecule has 2 aromatic rings. The fourth-order valence-corrected chi connectivity index (χ4v) is 4.80. The van der Waals surface area contributed by atoms with E-state index >= 15 is 0 Å². The van der Waals surface area contributed by atoms with E-state index in [0.29, 0.717) is 5.56 Å². The number of nitrogens with one attached hydrogen (secondary N) is 1. The van der Waals surface area contributed by atoms with Crippen molar-refractivity contribution in [3.8, 4) is 0 Å². The molecule has 1 aromatic heterocycles. The van der Waals surface area contributed by atoms with Crippen molar-refractivity contribution in [2.75, 3.05) is 25.5 Å². The third-order valence-electron chi connectivity index (χ3n) is 4.53. The molecule has 0 aliphatic carbocycles. The summed E-state index contributed by atoms with van der Waals surface area (Å²) in [6.45, 7) is 0.216. The molecule has 0 radical (unpaired) electrons. The molecule has 11 heteroatoms. The molecule has 1 atom stereocenters. The van der Waals surface area contributed by atoms with E-state index in [9.17, 15) is 18.0 Å². The predicted octanol–water partition coefficient (Wildman–Crippen LogP) is 0.233. The van der Waals surface area contributed by atoms with Gasteiger partial charge in [0.2, 0.25) is 21.8 Å². The Hall–Kier alpha value is -2.56. The molecule has 1 aliphatic heterocycles. The highest BCUT2D eigenvalue weighted by molar-refractivity contribution is 7.89. The largest absolute Gasteiger partial charge is 0.350 e. The van der Waals surface area contributed by atoms with Gasteiger partial charge in [-0.2, -0.15) is 4.31 Å². The van der Waals surface area contributed by atoms with Gasteiger partial charge in [0, 0.05) is 44.1 Å². The van der Waals surface area contributed by atoms with Gasteiger partial charge in [-0.15, -0.1) is 11.6 Å². The van der Waals surface area contributed by atoms with E-state index in [1.54, 1.807) is 30.6 Å². The molecule has 1 aromatic carbocycles. The molecule has 1 unspecified atom stereocenters. The molecular weight excluding hydrogens is 418 g/mol. The summed E-state index contributed by atoms with van der Waals surface area (Å²) in [5.74, 6) is -1.10. The number of aromatic nitrogens is 2. The van der Waals surface area contributed by atoms with Crippen LogP contribution in [0.1, 0.15) is 5.56 Å². The zero-order chi connectivity index (χ0) is 20.9. The number of carbonyl (C=O) groups excluding carboxylic acids is 2. The number of hydrogen-bond donors (Lipinski definition) is 1. The van der Waals surface area contributed by atoms with Gasteiger partial charge in [-0.05, 0) is 12.1 Å². The summed E-state index contributed by atoms with van der Waals surface area (Å²) in [6.07, 6.45) is 4.47. The van der Waals surface area contributed by atoms with Gasteiger partial charge >= 0.3 is 0 Å². The highest BCUT2D eigenvalue weighted by Crippen LogP contribution is 2.22. The van der Waals surface area contributed by atoms with Gasteiger partial charge in [0.1, 0.15) is 18.2 Å². The molecule has 1 aliphatic rings. The van der Waals surface area contributed by atoms with Crippen LogP contribution in [0.15, 0.2) is 53.9 Å². The zero-order valence-electron chi connectivity index (χ0n) is 15.4. The molecule has 2 heterocycles. The lowest BCUT2D eigenvalue weighted by molar-refractivity contribution is -0.134. The summed E-state index contributed by atoms with van der Waals surface area (Å²) < 4.78 is 27.4. The minimum atomic E-state index is -3.92. The van der Waals surface area contributed by atoms with Crippen molar-refractivity contribution >= 4 is 33.4 Å². The first-order valence-corrected chi connectivity index (χ1v) is 10.8. The van der Waals surface area contributed by atoms with E-state index in [1.165, 1.54) is 23.4 Å². The molecular formula is C18H20ClN5O4S. The van der Waals surface area contributed by atoms with Crippen LogP contribution in [-0.4, -0.2) is 71.0 Å². The average molecular weight is 438 g/mol. The number of nitrogens with zero attached hydrogens (tertiary/aromatic N) is 4. The number of carbonyl (C=O) groups is 2. The maximum Gasteiger partial charge on any atom is 0.243 e. The highest BCUT2D eigenvalue weighted by atomic mass is 35.5. The number of amides is 2. The summed E-state index contributed by atoms with van der Waals surface area (Å²) in [5.41, 5.74) is 0.669. The van der Waals surface area contributed by atoms with Crippen molar-refractivity contribution in [2.24, 2.45) is 0 Å². The van der Waals surface area contributed by atoms with Crippen LogP contribution in [0.2, 0.25) is 0 Å². The van der Waals surface area contributed by atoms with Crippen molar-refractivity contribution in [3.63, 3.8) is 0 Å². The summed E-state index contributed by atoms with van der Waals surface area (Å²) in [4.78, 5) is 34.2. The first-order valence-electron chi connectivity index (χ1n) is 8.85. The van der Waals surface area contributed by atoms with Gasteiger partial charge in [0.15, 0.2) is 0 Å². The summed E-state index contributed by atoms with van der Waals surface area (Å²) in [6, 6.07) is 6.81. The lowest BCUT2D eigenvalue weighted by Crippen LogP contribution is -2.61. The third kappa shape index (κ3) is 4.89. The number of hydrogen-bond acceptors (Lipinski definition) is 6. The van der Waals surface area contributed by atoms with Crippen molar-refractivity contribution in [1.82, 2.24) is 24.5 Å². The molecule has 0 saturated carbocycles. The Labute approximate surface area is 173 Å². The zero-order valence-corrected chi connectivity index (χ0v) is 17.0. The monoisotopic (exact) mass is 437 g/mol. The van der Waals surface area contributed by atoms with Crippen LogP contribution in [0.25, 0.3) is 0 Å². The minimum absolute atomic E-state index is 0.00755. The summed E-state index contributed by atoms with van der Waals surface area (Å²) >= 11 is 5.64. The Kier molecular flexibility index (Phi) is 6.78. The topological polar surface area (TPSA) is 113 Å². The quantitative estimate of drug-likeness (QED) is 0.647. The number of rotatable bonds is 6. The Balaban J connectivity index is 1.83. The van der Waals surface area contributed by atoms with E-state index in [2.05, 4.69) is 15.3 Å². The summed E-state index contributed by atoms with van der Waals surface area (Å²) in [7, 11) is -3.92. The third-order valence-corrected chi connectivity index (χ3v) is 6.68. The maximum atomic E-state index is 13.1. The second-order valence-corrected chi connectivity index (χ2v) is 8.54. The van der Waals surface area contributed by atoms with Crippen LogP contribution in [0, 0.1) is 0 Å². The SMILES string of the molecule is O=C(NCc1cncnc1)C1CN(C(=O)CCl)CCN1S(=O)(=O)c1ccccc1. The number of sulfonamides is 1. The molecule has 0 bridgehead atoms.